The van der Waals surface area contributed by atoms with Gasteiger partial charge in [-0.3, -0.25) is 0 Å². The van der Waals surface area contributed by atoms with E-state index < -0.39 is 0 Å². The average Bonchev–Trinajstić information content (AvgIpc) is 3.09. The van der Waals surface area contributed by atoms with Gasteiger partial charge in [-0.15, -0.1) is 5.10 Å². The largest absolute Gasteiger partial charge is 0.311 e. The van der Waals surface area contributed by atoms with E-state index in [2.05, 4.69) is 27.8 Å². The third-order valence-corrected chi connectivity index (χ3v) is 3.30. The first-order valence-electron chi connectivity index (χ1n) is 6.03. The second kappa shape index (κ2) is 4.30. The number of aromatic nitrogens is 3. The monoisotopic (exact) mass is 228 g/mol. The Kier molecular flexibility index (Phi) is 2.65. The van der Waals surface area contributed by atoms with Crippen LogP contribution in [0.4, 0.5) is 0 Å². The molecule has 0 saturated heterocycles. The van der Waals surface area contributed by atoms with Crippen molar-refractivity contribution in [3.05, 3.63) is 42.2 Å². The van der Waals surface area contributed by atoms with Crippen LogP contribution in [0, 0.1) is 5.92 Å². The highest BCUT2D eigenvalue weighted by Gasteiger charge is 2.33. The summed E-state index contributed by atoms with van der Waals surface area (Å²) in [7, 11) is 2.01. The van der Waals surface area contributed by atoms with E-state index in [1.807, 2.05) is 36.1 Å². The Morgan fingerprint density at radius 3 is 2.71 bits per heavy atom. The van der Waals surface area contributed by atoms with Gasteiger partial charge in [0.2, 0.25) is 0 Å². The predicted molar refractivity (Wildman–Crippen MR) is 65.9 cm³/mol. The van der Waals surface area contributed by atoms with Gasteiger partial charge in [0.25, 0.3) is 0 Å². The Morgan fingerprint density at radius 2 is 2.06 bits per heavy atom. The molecule has 1 aliphatic rings. The number of para-hydroxylation sites is 1. The summed E-state index contributed by atoms with van der Waals surface area (Å²) in [6, 6.07) is 10.5. The zero-order chi connectivity index (χ0) is 11.7. The van der Waals surface area contributed by atoms with E-state index >= 15 is 0 Å². The molecular formula is C13H16N4. The van der Waals surface area contributed by atoms with Gasteiger partial charge in [-0.2, -0.15) is 0 Å². The number of rotatable bonds is 4. The molecule has 1 N–H and O–H groups in total. The SMILES string of the molecule is CNC(c1cnnn1-c1ccccc1)C1CC1. The van der Waals surface area contributed by atoms with Gasteiger partial charge in [-0.25, -0.2) is 4.68 Å². The van der Waals surface area contributed by atoms with Gasteiger partial charge in [0.15, 0.2) is 0 Å². The molecule has 2 aromatic rings. The van der Waals surface area contributed by atoms with Gasteiger partial charge in [0.1, 0.15) is 0 Å². The van der Waals surface area contributed by atoms with Crippen LogP contribution in [0.5, 0.6) is 0 Å². The lowest BCUT2D eigenvalue weighted by Crippen LogP contribution is -2.21. The maximum atomic E-state index is 4.19. The zero-order valence-corrected chi connectivity index (χ0v) is 9.87. The van der Waals surface area contributed by atoms with Crippen LogP contribution in [0.25, 0.3) is 5.69 Å². The molecule has 4 heteroatoms. The smallest absolute Gasteiger partial charge is 0.0817 e. The molecule has 0 bridgehead atoms. The topological polar surface area (TPSA) is 42.7 Å². The molecule has 1 aromatic heterocycles. The molecule has 17 heavy (non-hydrogen) atoms. The van der Waals surface area contributed by atoms with E-state index in [0.717, 1.165) is 17.3 Å². The molecule has 1 heterocycles. The van der Waals surface area contributed by atoms with E-state index in [-0.39, 0.29) is 0 Å². The molecule has 1 unspecified atom stereocenters. The van der Waals surface area contributed by atoms with Crippen LogP contribution in [0.3, 0.4) is 0 Å². The van der Waals surface area contributed by atoms with Gasteiger partial charge >= 0.3 is 0 Å². The Labute approximate surface area is 101 Å². The minimum Gasteiger partial charge on any atom is -0.311 e. The summed E-state index contributed by atoms with van der Waals surface area (Å²) in [5.74, 6) is 0.737. The van der Waals surface area contributed by atoms with Crippen molar-refractivity contribution in [2.75, 3.05) is 7.05 Å². The molecule has 1 aromatic carbocycles. The van der Waals surface area contributed by atoms with E-state index in [9.17, 15) is 0 Å². The summed E-state index contributed by atoms with van der Waals surface area (Å²) in [6.45, 7) is 0. The van der Waals surface area contributed by atoms with E-state index in [1.165, 1.54) is 12.8 Å². The summed E-state index contributed by atoms with van der Waals surface area (Å²) in [6.07, 6.45) is 4.46. The van der Waals surface area contributed by atoms with Gasteiger partial charge in [0, 0.05) is 0 Å². The van der Waals surface area contributed by atoms with Gasteiger partial charge in [-0.1, -0.05) is 23.4 Å². The molecule has 0 radical (unpaired) electrons. The lowest BCUT2D eigenvalue weighted by atomic mass is 10.1. The summed E-state index contributed by atoms with van der Waals surface area (Å²) in [5.41, 5.74) is 2.22. The number of nitrogens with one attached hydrogen (secondary N) is 1. The fourth-order valence-corrected chi connectivity index (χ4v) is 2.28. The van der Waals surface area contributed by atoms with Gasteiger partial charge in [-0.05, 0) is 37.9 Å². The Hall–Kier alpha value is -1.68. The van der Waals surface area contributed by atoms with Gasteiger partial charge in [0.05, 0.1) is 23.6 Å². The zero-order valence-electron chi connectivity index (χ0n) is 9.87. The Morgan fingerprint density at radius 1 is 1.29 bits per heavy atom. The van der Waals surface area contributed by atoms with Crippen molar-refractivity contribution < 1.29 is 0 Å². The molecular weight excluding hydrogens is 212 g/mol. The van der Waals surface area contributed by atoms with E-state index in [4.69, 9.17) is 0 Å². The maximum Gasteiger partial charge on any atom is 0.0817 e. The maximum absolute atomic E-state index is 4.19. The average molecular weight is 228 g/mol. The minimum atomic E-state index is 0.366. The molecule has 1 fully saturated rings. The second-order valence-electron chi connectivity index (χ2n) is 4.51. The van der Waals surface area contributed by atoms with Crippen molar-refractivity contribution in [3.63, 3.8) is 0 Å². The van der Waals surface area contributed by atoms with E-state index in [0.29, 0.717) is 6.04 Å². The molecule has 0 aliphatic heterocycles. The van der Waals surface area contributed by atoms with Crippen LogP contribution in [0.15, 0.2) is 36.5 Å². The standard InChI is InChI=1S/C13H16N4/c1-14-13(10-7-8-10)12-9-15-16-17(12)11-5-3-2-4-6-11/h2-6,9-10,13-14H,7-8H2,1H3. The molecule has 1 saturated carbocycles. The van der Waals surface area contributed by atoms with Crippen LogP contribution < -0.4 is 5.32 Å². The number of benzene rings is 1. The van der Waals surface area contributed by atoms with Crippen molar-refractivity contribution >= 4 is 0 Å². The molecule has 1 atom stereocenters. The molecule has 3 rings (SSSR count). The lowest BCUT2D eigenvalue weighted by Gasteiger charge is -2.16. The normalized spacial score (nSPS) is 17.0. The van der Waals surface area contributed by atoms with Crippen molar-refractivity contribution in [3.8, 4) is 5.69 Å². The molecule has 1 aliphatic carbocycles. The Bertz CT molecular complexity index is 487. The number of hydrogen-bond acceptors (Lipinski definition) is 3. The quantitative estimate of drug-likeness (QED) is 0.869. The summed E-state index contributed by atoms with van der Waals surface area (Å²) < 4.78 is 1.93. The highest BCUT2D eigenvalue weighted by molar-refractivity contribution is 5.32. The first-order valence-corrected chi connectivity index (χ1v) is 6.03. The third kappa shape index (κ3) is 1.96. The Balaban J connectivity index is 1.98. The second-order valence-corrected chi connectivity index (χ2v) is 4.51. The molecule has 88 valence electrons. The first-order chi connectivity index (χ1) is 8.40. The summed E-state index contributed by atoms with van der Waals surface area (Å²) >= 11 is 0. The molecule has 0 amide bonds. The van der Waals surface area contributed by atoms with Crippen LogP contribution in [0.2, 0.25) is 0 Å². The van der Waals surface area contributed by atoms with Crippen LogP contribution >= 0.6 is 0 Å². The number of hydrogen-bond donors (Lipinski definition) is 1. The molecule has 0 spiro atoms. The minimum absolute atomic E-state index is 0.366. The van der Waals surface area contributed by atoms with Crippen molar-refractivity contribution in [2.45, 2.75) is 18.9 Å². The highest BCUT2D eigenvalue weighted by atomic mass is 15.4. The van der Waals surface area contributed by atoms with Crippen LogP contribution in [0.1, 0.15) is 24.6 Å². The van der Waals surface area contributed by atoms with Crippen LogP contribution in [-0.2, 0) is 0 Å². The first kappa shape index (κ1) is 10.5. The lowest BCUT2D eigenvalue weighted by molar-refractivity contribution is 0.500. The number of nitrogens with zero attached hydrogens (tertiary/aromatic N) is 3. The fourth-order valence-electron chi connectivity index (χ4n) is 2.28. The highest BCUT2D eigenvalue weighted by Crippen LogP contribution is 2.40. The third-order valence-electron chi connectivity index (χ3n) is 3.30. The predicted octanol–water partition coefficient (Wildman–Crippen LogP) is 1.94. The van der Waals surface area contributed by atoms with E-state index in [1.54, 1.807) is 0 Å². The fraction of sp³-hybridized carbons (Fsp3) is 0.385. The van der Waals surface area contributed by atoms with Crippen molar-refractivity contribution in [2.24, 2.45) is 5.92 Å². The van der Waals surface area contributed by atoms with Crippen LogP contribution in [-0.4, -0.2) is 22.0 Å². The van der Waals surface area contributed by atoms with Crippen molar-refractivity contribution in [1.82, 2.24) is 20.3 Å². The summed E-state index contributed by atoms with van der Waals surface area (Å²) in [4.78, 5) is 0. The summed E-state index contributed by atoms with van der Waals surface area (Å²) in [5, 5.41) is 11.6. The van der Waals surface area contributed by atoms with Gasteiger partial charge < -0.3 is 5.32 Å². The van der Waals surface area contributed by atoms with Crippen molar-refractivity contribution in [1.29, 1.82) is 0 Å². The molecule has 4 nitrogen and oxygen atoms in total.